The summed E-state index contributed by atoms with van der Waals surface area (Å²) in [4.78, 5) is 20.5. The molecule has 0 atom stereocenters. The third-order valence-electron chi connectivity index (χ3n) is 12.1. The van der Waals surface area contributed by atoms with Crippen LogP contribution < -0.4 is 9.47 Å². The first-order chi connectivity index (χ1) is 25.0. The van der Waals surface area contributed by atoms with E-state index in [-0.39, 0.29) is 10.8 Å². The number of aromatic nitrogens is 5. The van der Waals surface area contributed by atoms with Gasteiger partial charge in [0.1, 0.15) is 24.7 Å². The molecule has 5 aromatic heterocycles. The van der Waals surface area contributed by atoms with Gasteiger partial charge in [-0.2, -0.15) is 0 Å². The van der Waals surface area contributed by atoms with Crippen LogP contribution in [-0.4, -0.2) is 24.9 Å². The Hall–Kier alpha value is -5.69. The summed E-state index contributed by atoms with van der Waals surface area (Å²) in [5.74, 6) is 1.58. The van der Waals surface area contributed by atoms with E-state index in [1.54, 1.807) is 0 Å². The molecule has 7 nitrogen and oxygen atoms in total. The highest BCUT2D eigenvalue weighted by molar-refractivity contribution is 5.52. The summed E-state index contributed by atoms with van der Waals surface area (Å²) in [5, 5.41) is 0. The van der Waals surface area contributed by atoms with Gasteiger partial charge in [-0.25, -0.2) is 0 Å². The minimum atomic E-state index is -0.519. The normalized spacial score (nSPS) is 21.5. The average Bonchev–Trinajstić information content (AvgIpc) is 3.99. The molecule has 7 aromatic rings. The van der Waals surface area contributed by atoms with Crippen molar-refractivity contribution in [3.8, 4) is 11.5 Å². The van der Waals surface area contributed by atoms with Crippen LogP contribution in [-0.2, 0) is 34.9 Å². The molecule has 4 N–H and O–H groups in total. The van der Waals surface area contributed by atoms with E-state index in [0.717, 1.165) is 79.6 Å². The monoisotopic (exact) mass is 687 g/mol. The summed E-state index contributed by atoms with van der Waals surface area (Å²) in [6, 6.07) is 41.0. The van der Waals surface area contributed by atoms with Crippen LogP contribution in [0.3, 0.4) is 0 Å². The highest BCUT2D eigenvalue weighted by atomic mass is 16.5. The molecule has 262 valence electrons. The molecule has 0 aliphatic carbocycles. The van der Waals surface area contributed by atoms with Crippen molar-refractivity contribution in [2.24, 2.45) is 0 Å². The Bertz CT molecular complexity index is 2150. The van der Waals surface area contributed by atoms with Crippen LogP contribution in [0.4, 0.5) is 0 Å². The highest BCUT2D eigenvalue weighted by Gasteiger charge is 2.40. The number of hydrogen-bond acceptors (Lipinski definition) is 3. The predicted molar refractivity (Wildman–Crippen MR) is 204 cm³/mol. The molecule has 2 aromatic carbocycles. The maximum Gasteiger partial charge on any atom is 0.130 e. The van der Waals surface area contributed by atoms with Crippen molar-refractivity contribution in [1.29, 1.82) is 0 Å². The Morgan fingerprint density at radius 3 is 1.04 bits per heavy atom. The number of pyridine rings is 1. The molecule has 0 amide bonds. The van der Waals surface area contributed by atoms with Gasteiger partial charge in [0.05, 0.1) is 22.2 Å². The second-order valence-corrected chi connectivity index (χ2v) is 15.9. The molecule has 0 fully saturated rings. The first-order valence-corrected chi connectivity index (χ1v) is 18.2. The van der Waals surface area contributed by atoms with E-state index in [9.17, 15) is 0 Å². The Balaban J connectivity index is 1.30. The quantitative estimate of drug-likeness (QED) is 0.128. The molecule has 6 aliphatic rings. The summed E-state index contributed by atoms with van der Waals surface area (Å²) >= 11 is 0. The van der Waals surface area contributed by atoms with E-state index >= 15 is 0 Å². The number of ether oxygens (including phenoxy) is 2. The van der Waals surface area contributed by atoms with E-state index in [2.05, 4.69) is 159 Å². The predicted octanol–water partition coefficient (Wildman–Crippen LogP) is 9.54. The number of nitrogens with one attached hydrogen (secondary N) is 4. The Labute approximate surface area is 304 Å². The summed E-state index contributed by atoms with van der Waals surface area (Å²) in [7, 11) is 0. The van der Waals surface area contributed by atoms with Crippen LogP contribution in [0.1, 0.15) is 110 Å². The fourth-order valence-electron chi connectivity index (χ4n) is 8.18. The smallest absolute Gasteiger partial charge is 0.130 e. The van der Waals surface area contributed by atoms with Crippen molar-refractivity contribution in [3.63, 3.8) is 0 Å². The van der Waals surface area contributed by atoms with E-state index in [1.165, 1.54) is 0 Å². The van der Waals surface area contributed by atoms with Crippen LogP contribution >= 0.6 is 0 Å². The topological polar surface area (TPSA) is 94.5 Å². The standard InChI is InChI=1S/C45H45N5O2/c1-42(2)34-18-22-38(47-34)44(5)28-10-14-32(15-11-28)51-26-30-8-7-9-31(46-30)27-52-33-16-12-29(13-17-33)45(6,39-23-19-35(42)48-39)41-25-21-37(50-41)43(3,4)36-20-24-40(44)49-36/h7-25,47-50H,26-27H2,1-6H3. The van der Waals surface area contributed by atoms with Gasteiger partial charge in [-0.15, -0.1) is 0 Å². The summed E-state index contributed by atoms with van der Waals surface area (Å²) < 4.78 is 12.5. The van der Waals surface area contributed by atoms with Crippen molar-refractivity contribution in [2.75, 3.05) is 0 Å². The minimum absolute atomic E-state index is 0.341. The van der Waals surface area contributed by atoms with Crippen molar-refractivity contribution in [3.05, 3.63) is 183 Å². The van der Waals surface area contributed by atoms with Gasteiger partial charge in [-0.1, -0.05) is 30.3 Å². The summed E-state index contributed by atoms with van der Waals surface area (Å²) in [6.07, 6.45) is 0. The van der Waals surface area contributed by atoms with Gasteiger partial charge in [0.2, 0.25) is 0 Å². The number of benzene rings is 2. The number of aromatic amines is 4. The second-order valence-electron chi connectivity index (χ2n) is 15.9. The molecule has 16 bridgehead atoms. The van der Waals surface area contributed by atoms with Gasteiger partial charge in [0.15, 0.2) is 0 Å². The number of nitrogens with zero attached hydrogens (tertiary/aromatic N) is 1. The lowest BCUT2D eigenvalue weighted by Gasteiger charge is -2.32. The molecular weight excluding hydrogens is 643 g/mol. The van der Waals surface area contributed by atoms with Gasteiger partial charge < -0.3 is 29.4 Å². The molecule has 0 spiro atoms. The molecule has 0 saturated carbocycles. The molecule has 6 aliphatic heterocycles. The van der Waals surface area contributed by atoms with Gasteiger partial charge >= 0.3 is 0 Å². The van der Waals surface area contributed by atoms with Crippen LogP contribution in [0.15, 0.2) is 115 Å². The zero-order valence-electron chi connectivity index (χ0n) is 30.6. The van der Waals surface area contributed by atoms with Gasteiger partial charge in [0.25, 0.3) is 0 Å². The van der Waals surface area contributed by atoms with Crippen LogP contribution in [0.5, 0.6) is 11.5 Å². The molecule has 52 heavy (non-hydrogen) atoms. The van der Waals surface area contributed by atoms with Crippen molar-refractivity contribution in [1.82, 2.24) is 24.9 Å². The third-order valence-corrected chi connectivity index (χ3v) is 12.1. The molecular formula is C45H45N5O2. The first kappa shape index (κ1) is 32.2. The molecule has 11 heterocycles. The molecule has 0 radical (unpaired) electrons. The van der Waals surface area contributed by atoms with Gasteiger partial charge in [0, 0.05) is 56.4 Å². The number of H-pyrrole nitrogens is 4. The zero-order valence-corrected chi connectivity index (χ0v) is 30.6. The number of hydrogen-bond donors (Lipinski definition) is 4. The van der Waals surface area contributed by atoms with Crippen LogP contribution in [0, 0.1) is 0 Å². The van der Waals surface area contributed by atoms with E-state index in [0.29, 0.717) is 13.2 Å². The largest absolute Gasteiger partial charge is 0.487 e. The molecule has 13 rings (SSSR count). The lowest BCUT2D eigenvalue weighted by molar-refractivity contribution is 0.290. The average molecular weight is 688 g/mol. The SMILES string of the molecule is CC1(C)c2ccc([nH]2)C2(C)c3ccc(cc3)OCc3cccc(n3)COc3ccc(cc3)C(C)(c3ccc1[nH]3)c1ccc([nH]1)C(C)(C)c1ccc2[nH]1. The lowest BCUT2D eigenvalue weighted by Crippen LogP contribution is -2.29. The summed E-state index contributed by atoms with van der Waals surface area (Å²) in [5.41, 5.74) is 11.3. The number of rotatable bonds is 0. The highest BCUT2D eigenvalue weighted by Crippen LogP contribution is 2.45. The Morgan fingerprint density at radius 2 is 0.712 bits per heavy atom. The molecule has 7 heteroatoms. The van der Waals surface area contributed by atoms with Crippen molar-refractivity contribution in [2.45, 2.75) is 76.4 Å². The summed E-state index contributed by atoms with van der Waals surface area (Å²) in [6.45, 7) is 14.5. The van der Waals surface area contributed by atoms with Crippen LogP contribution in [0.25, 0.3) is 0 Å². The Kier molecular flexibility index (Phi) is 7.07. The maximum absolute atomic E-state index is 6.27. The van der Waals surface area contributed by atoms with Crippen molar-refractivity contribution >= 4 is 0 Å². The fraction of sp³-hybridized carbons (Fsp3) is 0.267. The lowest BCUT2D eigenvalue weighted by atomic mass is 9.76. The maximum atomic E-state index is 6.27. The van der Waals surface area contributed by atoms with E-state index in [4.69, 9.17) is 14.5 Å². The first-order valence-electron chi connectivity index (χ1n) is 18.2. The fourth-order valence-corrected chi connectivity index (χ4v) is 8.18. The third kappa shape index (κ3) is 4.89. The van der Waals surface area contributed by atoms with E-state index < -0.39 is 10.8 Å². The Morgan fingerprint density at radius 1 is 0.404 bits per heavy atom. The van der Waals surface area contributed by atoms with Gasteiger partial charge in [-0.3, -0.25) is 4.98 Å². The van der Waals surface area contributed by atoms with Crippen molar-refractivity contribution < 1.29 is 9.47 Å². The molecule has 0 unspecified atom stereocenters. The minimum Gasteiger partial charge on any atom is -0.487 e. The zero-order chi connectivity index (χ0) is 35.9. The second kappa shape index (κ2) is 11.4. The van der Waals surface area contributed by atoms with Crippen LogP contribution in [0.2, 0.25) is 0 Å². The van der Waals surface area contributed by atoms with E-state index in [1.807, 2.05) is 18.2 Å². The molecule has 0 saturated heterocycles. The van der Waals surface area contributed by atoms with Gasteiger partial charge in [-0.05, 0) is 138 Å².